The molecule has 4 rings (SSSR count). The van der Waals surface area contributed by atoms with Crippen molar-refractivity contribution in [1.82, 2.24) is 29.3 Å². The third-order valence-electron chi connectivity index (χ3n) is 4.19. The fourth-order valence-corrected chi connectivity index (χ4v) is 2.97. The molecular formula is C18H17N7O2. The van der Waals surface area contributed by atoms with E-state index in [0.29, 0.717) is 34.2 Å². The third-order valence-corrected chi connectivity index (χ3v) is 4.19. The second-order valence-electron chi connectivity index (χ2n) is 6.21. The van der Waals surface area contributed by atoms with E-state index in [1.54, 1.807) is 29.9 Å². The molecule has 4 aromatic rings. The highest BCUT2D eigenvalue weighted by atomic mass is 16.1. The maximum absolute atomic E-state index is 12.3. The van der Waals surface area contributed by atoms with Gasteiger partial charge in [-0.1, -0.05) is 6.07 Å². The number of rotatable bonds is 3. The fourth-order valence-electron chi connectivity index (χ4n) is 2.97. The van der Waals surface area contributed by atoms with Crippen LogP contribution in [0.4, 0.5) is 11.6 Å². The highest BCUT2D eigenvalue weighted by molar-refractivity contribution is 5.82. The molecule has 4 aromatic heterocycles. The number of nitrogens with one attached hydrogen (secondary N) is 2. The highest BCUT2D eigenvalue weighted by Gasteiger charge is 2.12. The van der Waals surface area contributed by atoms with Crippen LogP contribution in [0, 0.1) is 13.8 Å². The summed E-state index contributed by atoms with van der Waals surface area (Å²) in [6, 6.07) is 8.40. The van der Waals surface area contributed by atoms with Gasteiger partial charge in [0.2, 0.25) is 0 Å². The lowest BCUT2D eigenvalue weighted by molar-refractivity contribution is 0.749. The SMILES string of the molecule is Cc1cc(Nc2cc3c(cn2)c(=O)[nH]n3-c2cccc(=O)n2C)nc(C)n1. The molecule has 0 fully saturated rings. The molecule has 4 heterocycles. The van der Waals surface area contributed by atoms with Gasteiger partial charge in [-0.2, -0.15) is 0 Å². The molecule has 0 radical (unpaired) electrons. The van der Waals surface area contributed by atoms with Gasteiger partial charge in [0.05, 0.1) is 10.9 Å². The second kappa shape index (κ2) is 6.20. The van der Waals surface area contributed by atoms with Crippen LogP contribution >= 0.6 is 0 Å². The van der Waals surface area contributed by atoms with E-state index >= 15 is 0 Å². The first-order chi connectivity index (χ1) is 12.9. The van der Waals surface area contributed by atoms with Gasteiger partial charge in [-0.3, -0.25) is 19.3 Å². The first-order valence-corrected chi connectivity index (χ1v) is 8.29. The molecule has 0 aliphatic rings. The quantitative estimate of drug-likeness (QED) is 0.571. The molecule has 9 heteroatoms. The molecule has 0 saturated carbocycles. The smallest absolute Gasteiger partial charge is 0.273 e. The zero-order valence-corrected chi connectivity index (χ0v) is 15.0. The fraction of sp³-hybridized carbons (Fsp3) is 0.167. The molecule has 0 amide bonds. The standard InChI is InChI=1S/C18H17N7O2/c1-10-7-15(21-11(2)20-10)22-14-8-13-12(9-19-14)18(27)23-25(13)16-5-4-6-17(26)24(16)3/h4-9H,1-3H3,(H,23,27)(H,19,20,21,22). The summed E-state index contributed by atoms with van der Waals surface area (Å²) in [5, 5.41) is 6.31. The molecule has 0 aliphatic carbocycles. The van der Waals surface area contributed by atoms with Crippen molar-refractivity contribution < 1.29 is 0 Å². The van der Waals surface area contributed by atoms with Crippen LogP contribution in [0.2, 0.25) is 0 Å². The summed E-state index contributed by atoms with van der Waals surface area (Å²) in [6.45, 7) is 3.70. The molecule has 0 aliphatic heterocycles. The summed E-state index contributed by atoms with van der Waals surface area (Å²) >= 11 is 0. The number of aryl methyl sites for hydroxylation is 2. The summed E-state index contributed by atoms with van der Waals surface area (Å²) in [6.07, 6.45) is 1.49. The number of aromatic nitrogens is 6. The van der Waals surface area contributed by atoms with Crippen molar-refractivity contribution in [2.75, 3.05) is 5.32 Å². The molecule has 0 bridgehead atoms. The number of pyridine rings is 2. The molecule has 0 spiro atoms. The van der Waals surface area contributed by atoms with E-state index in [-0.39, 0.29) is 11.1 Å². The predicted octanol–water partition coefficient (Wildman–Crippen LogP) is 1.56. The first-order valence-electron chi connectivity index (χ1n) is 8.29. The van der Waals surface area contributed by atoms with Crippen molar-refractivity contribution in [3.05, 3.63) is 68.8 Å². The lowest BCUT2D eigenvalue weighted by Gasteiger charge is -2.10. The summed E-state index contributed by atoms with van der Waals surface area (Å²) in [7, 11) is 1.65. The van der Waals surface area contributed by atoms with E-state index in [1.165, 1.54) is 16.8 Å². The van der Waals surface area contributed by atoms with Gasteiger partial charge >= 0.3 is 0 Å². The Morgan fingerprint density at radius 2 is 1.89 bits per heavy atom. The van der Waals surface area contributed by atoms with Crippen LogP contribution < -0.4 is 16.4 Å². The molecular weight excluding hydrogens is 346 g/mol. The minimum atomic E-state index is -0.283. The number of nitrogens with zero attached hydrogens (tertiary/aromatic N) is 5. The van der Waals surface area contributed by atoms with Crippen LogP contribution in [0.3, 0.4) is 0 Å². The highest BCUT2D eigenvalue weighted by Crippen LogP contribution is 2.19. The normalized spacial score (nSPS) is 11.1. The van der Waals surface area contributed by atoms with Crippen LogP contribution in [0.25, 0.3) is 16.7 Å². The van der Waals surface area contributed by atoms with E-state index in [4.69, 9.17) is 0 Å². The second-order valence-corrected chi connectivity index (χ2v) is 6.21. The zero-order chi connectivity index (χ0) is 19.1. The predicted molar refractivity (Wildman–Crippen MR) is 102 cm³/mol. The van der Waals surface area contributed by atoms with Crippen LogP contribution in [0.15, 0.2) is 46.1 Å². The van der Waals surface area contributed by atoms with E-state index in [9.17, 15) is 9.59 Å². The Bertz CT molecular complexity index is 1260. The van der Waals surface area contributed by atoms with Gasteiger partial charge < -0.3 is 5.32 Å². The number of aromatic amines is 1. The average molecular weight is 363 g/mol. The molecule has 0 atom stereocenters. The molecule has 2 N–H and O–H groups in total. The van der Waals surface area contributed by atoms with E-state index in [1.807, 2.05) is 19.9 Å². The number of anilines is 2. The van der Waals surface area contributed by atoms with Gasteiger partial charge in [0.1, 0.15) is 23.3 Å². The van der Waals surface area contributed by atoms with Gasteiger partial charge in [-0.05, 0) is 19.9 Å². The van der Waals surface area contributed by atoms with Gasteiger partial charge in [0.15, 0.2) is 0 Å². The summed E-state index contributed by atoms with van der Waals surface area (Å²) < 4.78 is 3.03. The van der Waals surface area contributed by atoms with Crippen molar-refractivity contribution in [3.8, 4) is 5.82 Å². The Balaban J connectivity index is 1.85. The van der Waals surface area contributed by atoms with Gasteiger partial charge in [0.25, 0.3) is 11.1 Å². The number of fused-ring (bicyclic) bond motifs is 1. The Kier molecular flexibility index (Phi) is 3.84. The minimum absolute atomic E-state index is 0.172. The van der Waals surface area contributed by atoms with E-state index in [2.05, 4.69) is 25.4 Å². The van der Waals surface area contributed by atoms with E-state index < -0.39 is 0 Å². The Morgan fingerprint density at radius 3 is 2.67 bits per heavy atom. The van der Waals surface area contributed by atoms with E-state index in [0.717, 1.165) is 5.69 Å². The Hall–Kier alpha value is -3.75. The topological polar surface area (TPSA) is 110 Å². The largest absolute Gasteiger partial charge is 0.325 e. The maximum Gasteiger partial charge on any atom is 0.273 e. The van der Waals surface area contributed by atoms with Gasteiger partial charge in [-0.15, -0.1) is 0 Å². The van der Waals surface area contributed by atoms with Crippen molar-refractivity contribution in [2.45, 2.75) is 13.8 Å². The van der Waals surface area contributed by atoms with Crippen LogP contribution in [-0.4, -0.2) is 29.3 Å². The molecule has 136 valence electrons. The van der Waals surface area contributed by atoms with Crippen molar-refractivity contribution in [2.24, 2.45) is 7.05 Å². The summed E-state index contributed by atoms with van der Waals surface area (Å²) in [5.74, 6) is 2.33. The molecule has 0 saturated heterocycles. The summed E-state index contributed by atoms with van der Waals surface area (Å²) in [4.78, 5) is 37.1. The molecule has 9 nitrogen and oxygen atoms in total. The lowest BCUT2D eigenvalue weighted by atomic mass is 10.3. The van der Waals surface area contributed by atoms with Crippen molar-refractivity contribution in [1.29, 1.82) is 0 Å². The maximum atomic E-state index is 12.3. The molecule has 0 aromatic carbocycles. The van der Waals surface area contributed by atoms with Crippen LogP contribution in [0.5, 0.6) is 0 Å². The lowest BCUT2D eigenvalue weighted by Crippen LogP contribution is -2.20. The monoisotopic (exact) mass is 363 g/mol. The third kappa shape index (κ3) is 2.99. The van der Waals surface area contributed by atoms with Crippen molar-refractivity contribution >= 4 is 22.5 Å². The molecule has 27 heavy (non-hydrogen) atoms. The Morgan fingerprint density at radius 1 is 1.07 bits per heavy atom. The minimum Gasteiger partial charge on any atom is -0.325 e. The van der Waals surface area contributed by atoms with Crippen molar-refractivity contribution in [3.63, 3.8) is 0 Å². The zero-order valence-electron chi connectivity index (χ0n) is 15.0. The van der Waals surface area contributed by atoms with Crippen LogP contribution in [0.1, 0.15) is 11.5 Å². The Labute approximate surface area is 153 Å². The average Bonchev–Trinajstić information content (AvgIpc) is 2.92. The van der Waals surface area contributed by atoms with Gasteiger partial charge in [0, 0.05) is 37.1 Å². The summed E-state index contributed by atoms with van der Waals surface area (Å²) in [5.41, 5.74) is 0.980. The number of H-pyrrole nitrogens is 1. The van der Waals surface area contributed by atoms with Gasteiger partial charge in [-0.25, -0.2) is 19.6 Å². The number of hydrogen-bond acceptors (Lipinski definition) is 6. The number of hydrogen-bond donors (Lipinski definition) is 2. The van der Waals surface area contributed by atoms with Crippen LogP contribution in [-0.2, 0) is 7.05 Å². The first kappa shape index (κ1) is 16.7. The molecule has 0 unspecified atom stereocenters.